The van der Waals surface area contributed by atoms with Gasteiger partial charge >= 0.3 is 0 Å². The second kappa shape index (κ2) is 7.80. The Morgan fingerprint density at radius 2 is 1.67 bits per heavy atom. The summed E-state index contributed by atoms with van der Waals surface area (Å²) in [5, 5.41) is -0.352. The van der Waals surface area contributed by atoms with Crippen LogP contribution in [0.2, 0.25) is 0 Å². The maximum atomic E-state index is 12.9. The van der Waals surface area contributed by atoms with Crippen LogP contribution in [-0.2, 0) is 15.3 Å². The molecule has 0 aliphatic carbocycles. The van der Waals surface area contributed by atoms with Crippen molar-refractivity contribution < 1.29 is 14.0 Å². The number of anilines is 1. The summed E-state index contributed by atoms with van der Waals surface area (Å²) in [6.45, 7) is 0. The van der Waals surface area contributed by atoms with Gasteiger partial charge in [-0.2, -0.15) is 0 Å². The fourth-order valence-electron chi connectivity index (χ4n) is 3.53. The van der Waals surface area contributed by atoms with Crippen LogP contribution in [0.15, 0.2) is 83.3 Å². The number of fused-ring (bicyclic) bond motifs is 1. The first-order chi connectivity index (χ1) is 14.7. The molecule has 6 heteroatoms. The molecule has 0 unspecified atom stereocenters. The zero-order valence-corrected chi connectivity index (χ0v) is 16.8. The maximum absolute atomic E-state index is 12.9. The number of rotatable bonds is 5. The summed E-state index contributed by atoms with van der Waals surface area (Å²) in [6, 6.07) is 24.7. The number of oxazole rings is 1. The van der Waals surface area contributed by atoms with Crippen molar-refractivity contribution in [3.63, 3.8) is 0 Å². The predicted octanol–water partition coefficient (Wildman–Crippen LogP) is 5.06. The molecule has 148 valence electrons. The van der Waals surface area contributed by atoms with Gasteiger partial charge in [0.25, 0.3) is 0 Å². The van der Waals surface area contributed by atoms with Crippen LogP contribution in [-0.4, -0.2) is 22.0 Å². The lowest BCUT2D eigenvalue weighted by molar-refractivity contribution is -0.121. The van der Waals surface area contributed by atoms with Gasteiger partial charge in [-0.15, -0.1) is 11.8 Å². The molecule has 30 heavy (non-hydrogen) atoms. The quantitative estimate of drug-likeness (QED) is 0.427. The van der Waals surface area contributed by atoms with Crippen molar-refractivity contribution in [1.82, 2.24) is 4.98 Å². The third-order valence-corrected chi connectivity index (χ3v) is 6.34. The SMILES string of the molecule is O=C1C[C@@H](SCc2ccccc2)C(=O)N1c1ccc(-c2nc3ccccc3o2)cc1. The Labute approximate surface area is 177 Å². The molecule has 4 aromatic rings. The largest absolute Gasteiger partial charge is 0.436 e. The summed E-state index contributed by atoms with van der Waals surface area (Å²) in [6.07, 6.45) is 0.225. The van der Waals surface area contributed by atoms with Gasteiger partial charge in [0.1, 0.15) is 5.52 Å². The van der Waals surface area contributed by atoms with Crippen molar-refractivity contribution in [2.45, 2.75) is 17.4 Å². The lowest BCUT2D eigenvalue weighted by Gasteiger charge is -2.15. The van der Waals surface area contributed by atoms with Crippen molar-refractivity contribution in [2.24, 2.45) is 0 Å². The average Bonchev–Trinajstić information content (AvgIpc) is 3.33. The number of amides is 2. The van der Waals surface area contributed by atoms with Crippen molar-refractivity contribution in [1.29, 1.82) is 0 Å². The van der Waals surface area contributed by atoms with E-state index in [1.165, 1.54) is 16.7 Å². The van der Waals surface area contributed by atoms with E-state index in [4.69, 9.17) is 4.42 Å². The van der Waals surface area contributed by atoms with Gasteiger partial charge in [-0.3, -0.25) is 9.59 Å². The van der Waals surface area contributed by atoms with Crippen molar-refractivity contribution in [2.75, 3.05) is 4.90 Å². The van der Waals surface area contributed by atoms with E-state index in [1.807, 2.05) is 66.7 Å². The first-order valence-electron chi connectivity index (χ1n) is 9.67. The molecule has 5 nitrogen and oxygen atoms in total. The highest BCUT2D eigenvalue weighted by molar-refractivity contribution is 7.99. The first-order valence-corrected chi connectivity index (χ1v) is 10.7. The third-order valence-electron chi connectivity index (χ3n) is 5.07. The summed E-state index contributed by atoms with van der Waals surface area (Å²) in [5.74, 6) is 0.892. The van der Waals surface area contributed by atoms with Crippen molar-refractivity contribution in [3.05, 3.63) is 84.4 Å². The topological polar surface area (TPSA) is 63.4 Å². The standard InChI is InChI=1S/C24H18N2O3S/c27-22-14-21(30-15-16-6-2-1-3-7-16)24(28)26(22)18-12-10-17(11-13-18)23-25-19-8-4-5-9-20(19)29-23/h1-13,21H,14-15H2/t21-/m1/s1. The lowest BCUT2D eigenvalue weighted by atomic mass is 10.2. The van der Waals surface area contributed by atoms with E-state index in [9.17, 15) is 9.59 Å². The number of hydrogen-bond acceptors (Lipinski definition) is 5. The van der Waals surface area contributed by atoms with Crippen LogP contribution in [0.1, 0.15) is 12.0 Å². The minimum absolute atomic E-state index is 0.157. The molecular weight excluding hydrogens is 396 g/mol. The van der Waals surface area contributed by atoms with E-state index in [2.05, 4.69) is 4.98 Å². The summed E-state index contributed by atoms with van der Waals surface area (Å²) in [7, 11) is 0. The summed E-state index contributed by atoms with van der Waals surface area (Å²) in [5.41, 5.74) is 4.03. The Hall–Kier alpha value is -3.38. The summed E-state index contributed by atoms with van der Waals surface area (Å²) < 4.78 is 5.79. The Kier molecular flexibility index (Phi) is 4.85. The molecule has 0 saturated carbocycles. The third kappa shape index (κ3) is 3.50. The molecule has 0 N–H and O–H groups in total. The van der Waals surface area contributed by atoms with Gasteiger partial charge in [-0.05, 0) is 42.0 Å². The molecule has 1 aliphatic rings. The van der Waals surface area contributed by atoms with Gasteiger partial charge in [0.05, 0.1) is 10.9 Å². The smallest absolute Gasteiger partial charge is 0.247 e. The zero-order valence-electron chi connectivity index (χ0n) is 16.0. The molecule has 1 saturated heterocycles. The molecule has 1 aliphatic heterocycles. The van der Waals surface area contributed by atoms with Crippen LogP contribution in [0.25, 0.3) is 22.6 Å². The fourth-order valence-corrected chi connectivity index (χ4v) is 4.62. The van der Waals surface area contributed by atoms with Crippen molar-refractivity contribution >= 4 is 40.4 Å². The number of aromatic nitrogens is 1. The molecule has 1 fully saturated rings. The highest BCUT2D eigenvalue weighted by Crippen LogP contribution is 2.33. The Morgan fingerprint density at radius 1 is 0.933 bits per heavy atom. The average molecular weight is 414 g/mol. The number of para-hydroxylation sites is 2. The van der Waals surface area contributed by atoms with Gasteiger partial charge in [-0.25, -0.2) is 9.88 Å². The fraction of sp³-hybridized carbons (Fsp3) is 0.125. The molecule has 3 aromatic carbocycles. The number of imide groups is 1. The summed E-state index contributed by atoms with van der Waals surface area (Å²) in [4.78, 5) is 31.2. The second-order valence-electron chi connectivity index (χ2n) is 7.09. The highest BCUT2D eigenvalue weighted by atomic mass is 32.2. The van der Waals surface area contributed by atoms with E-state index in [0.717, 1.165) is 22.2 Å². The number of nitrogens with zero attached hydrogens (tertiary/aromatic N) is 2. The van der Waals surface area contributed by atoms with E-state index in [0.29, 0.717) is 17.3 Å². The highest BCUT2D eigenvalue weighted by Gasteiger charge is 2.39. The minimum Gasteiger partial charge on any atom is -0.436 e. The van der Waals surface area contributed by atoms with Crippen LogP contribution < -0.4 is 4.90 Å². The maximum Gasteiger partial charge on any atom is 0.247 e. The van der Waals surface area contributed by atoms with Crippen LogP contribution in [0.4, 0.5) is 5.69 Å². The van der Waals surface area contributed by atoms with Crippen LogP contribution in [0, 0.1) is 0 Å². The zero-order chi connectivity index (χ0) is 20.5. The van der Waals surface area contributed by atoms with Gasteiger partial charge in [0.2, 0.25) is 17.7 Å². The van der Waals surface area contributed by atoms with Crippen LogP contribution >= 0.6 is 11.8 Å². The second-order valence-corrected chi connectivity index (χ2v) is 8.28. The molecule has 5 rings (SSSR count). The monoisotopic (exact) mass is 414 g/mol. The van der Waals surface area contributed by atoms with E-state index in [1.54, 1.807) is 12.1 Å². The van der Waals surface area contributed by atoms with E-state index < -0.39 is 0 Å². The Balaban J connectivity index is 1.32. The number of carbonyl (C=O) groups is 2. The molecule has 0 radical (unpaired) electrons. The van der Waals surface area contributed by atoms with Crippen LogP contribution in [0.5, 0.6) is 0 Å². The Bertz CT molecular complexity index is 1190. The van der Waals surface area contributed by atoms with Crippen molar-refractivity contribution in [3.8, 4) is 11.5 Å². The first kappa shape index (κ1) is 18.6. The number of benzene rings is 3. The molecule has 2 heterocycles. The molecule has 1 atom stereocenters. The normalized spacial score (nSPS) is 16.5. The minimum atomic E-state index is -0.352. The number of carbonyl (C=O) groups excluding carboxylic acids is 2. The molecule has 2 amide bonds. The van der Waals surface area contributed by atoms with Gasteiger partial charge in [-0.1, -0.05) is 42.5 Å². The lowest BCUT2D eigenvalue weighted by Crippen LogP contribution is -2.31. The van der Waals surface area contributed by atoms with Gasteiger partial charge in [0, 0.05) is 17.7 Å². The molecule has 1 aromatic heterocycles. The molecular formula is C24H18N2O3S. The van der Waals surface area contributed by atoms with E-state index in [-0.39, 0.29) is 23.5 Å². The van der Waals surface area contributed by atoms with E-state index >= 15 is 0 Å². The number of thioether (sulfide) groups is 1. The molecule has 0 bridgehead atoms. The predicted molar refractivity (Wildman–Crippen MR) is 118 cm³/mol. The molecule has 0 spiro atoms. The van der Waals surface area contributed by atoms with Gasteiger partial charge in [0.15, 0.2) is 5.58 Å². The van der Waals surface area contributed by atoms with Gasteiger partial charge < -0.3 is 4.42 Å². The van der Waals surface area contributed by atoms with Crippen LogP contribution in [0.3, 0.4) is 0 Å². The Morgan fingerprint density at radius 3 is 2.43 bits per heavy atom. The summed E-state index contributed by atoms with van der Waals surface area (Å²) >= 11 is 1.51. The number of hydrogen-bond donors (Lipinski definition) is 0.